The minimum Gasteiger partial charge on any atom is -0.268 e. The molecule has 0 bridgehead atoms. The highest BCUT2D eigenvalue weighted by molar-refractivity contribution is 6.17. The number of aromatic nitrogens is 3. The number of nitrogens with zero attached hydrogens (tertiary/aromatic N) is 3. The van der Waals surface area contributed by atoms with Crippen LogP contribution in [-0.2, 0) is 0 Å². The molecule has 4 heterocycles. The van der Waals surface area contributed by atoms with Gasteiger partial charge in [0.15, 0.2) is 5.65 Å². The van der Waals surface area contributed by atoms with Crippen molar-refractivity contribution in [2.45, 2.75) is 0 Å². The number of benzene rings is 2. The first-order valence-electron chi connectivity index (χ1n) is 8.61. The molecule has 6 aromatic rings. The fraction of sp³-hybridized carbons (Fsp3) is 0. The van der Waals surface area contributed by atoms with Gasteiger partial charge < -0.3 is 0 Å². The first-order valence-corrected chi connectivity index (χ1v) is 8.61. The second kappa shape index (κ2) is 4.86. The summed E-state index contributed by atoms with van der Waals surface area (Å²) in [6, 6.07) is 18.6. The van der Waals surface area contributed by atoms with Crippen LogP contribution in [0.3, 0.4) is 0 Å². The van der Waals surface area contributed by atoms with Crippen LogP contribution in [0.1, 0.15) is 0 Å². The molecule has 27 heavy (non-hydrogen) atoms. The average Bonchev–Trinajstić information content (AvgIpc) is 2.72. The number of rotatable bonds is 0. The molecule has 5 heteroatoms. The fourth-order valence-corrected chi connectivity index (χ4v) is 4.01. The largest absolute Gasteiger partial charge is 0.268 e. The van der Waals surface area contributed by atoms with Gasteiger partial charge >= 0.3 is 0 Å². The van der Waals surface area contributed by atoms with Gasteiger partial charge in [-0.3, -0.25) is 9.59 Å². The van der Waals surface area contributed by atoms with Crippen LogP contribution in [0.2, 0.25) is 0 Å². The molecule has 0 aliphatic heterocycles. The van der Waals surface area contributed by atoms with E-state index in [0.717, 1.165) is 21.5 Å². The maximum absolute atomic E-state index is 13.3. The third-order valence-electron chi connectivity index (χ3n) is 5.19. The molecule has 0 aliphatic rings. The van der Waals surface area contributed by atoms with Crippen molar-refractivity contribution in [3.05, 3.63) is 87.6 Å². The molecule has 0 fully saturated rings. The molecule has 126 valence electrons. The summed E-state index contributed by atoms with van der Waals surface area (Å²) in [7, 11) is 0. The molecule has 0 N–H and O–H groups in total. The summed E-state index contributed by atoms with van der Waals surface area (Å²) in [5.41, 5.74) is 1.13. The molecule has 0 saturated carbocycles. The van der Waals surface area contributed by atoms with Crippen LogP contribution in [0.5, 0.6) is 0 Å². The monoisotopic (exact) mass is 349 g/mol. The third-order valence-corrected chi connectivity index (χ3v) is 5.19. The van der Waals surface area contributed by atoms with Crippen molar-refractivity contribution in [3.8, 4) is 0 Å². The predicted molar refractivity (Wildman–Crippen MR) is 107 cm³/mol. The van der Waals surface area contributed by atoms with Gasteiger partial charge in [0, 0.05) is 27.7 Å². The summed E-state index contributed by atoms with van der Waals surface area (Å²) in [4.78, 5) is 35.4. The highest BCUT2D eigenvalue weighted by Crippen LogP contribution is 2.30. The SMILES string of the molecule is O=c1c2ccccc2c2cccc3c4nc5ncccc5cc4c(=O)n1c23. The maximum Gasteiger partial charge on any atom is 0.267 e. The topological polar surface area (TPSA) is 64.3 Å². The third kappa shape index (κ3) is 1.73. The Morgan fingerprint density at radius 2 is 1.44 bits per heavy atom. The Kier molecular flexibility index (Phi) is 2.58. The molecule has 0 atom stereocenters. The van der Waals surface area contributed by atoms with Crippen LogP contribution < -0.4 is 11.1 Å². The highest BCUT2D eigenvalue weighted by atomic mass is 16.2. The van der Waals surface area contributed by atoms with E-state index in [0.29, 0.717) is 27.5 Å². The van der Waals surface area contributed by atoms with Gasteiger partial charge in [0.1, 0.15) is 0 Å². The lowest BCUT2D eigenvalue weighted by atomic mass is 10.0. The van der Waals surface area contributed by atoms with Crippen LogP contribution >= 0.6 is 0 Å². The van der Waals surface area contributed by atoms with E-state index in [-0.39, 0.29) is 11.1 Å². The summed E-state index contributed by atoms with van der Waals surface area (Å²) in [6.45, 7) is 0. The summed E-state index contributed by atoms with van der Waals surface area (Å²) >= 11 is 0. The van der Waals surface area contributed by atoms with E-state index >= 15 is 0 Å². The van der Waals surface area contributed by atoms with Crippen molar-refractivity contribution in [2.24, 2.45) is 0 Å². The molecule has 0 saturated heterocycles. The lowest BCUT2D eigenvalue weighted by Gasteiger charge is -2.12. The van der Waals surface area contributed by atoms with Crippen LogP contribution in [0, 0.1) is 0 Å². The zero-order chi connectivity index (χ0) is 18.1. The van der Waals surface area contributed by atoms with Gasteiger partial charge in [-0.05, 0) is 29.7 Å². The van der Waals surface area contributed by atoms with E-state index in [1.807, 2.05) is 42.5 Å². The number of hydrogen-bond donors (Lipinski definition) is 0. The molecule has 5 nitrogen and oxygen atoms in total. The second-order valence-electron chi connectivity index (χ2n) is 6.63. The van der Waals surface area contributed by atoms with Crippen LogP contribution in [-0.4, -0.2) is 14.4 Å². The Balaban J connectivity index is 2.05. The summed E-state index contributed by atoms with van der Waals surface area (Å²) in [5, 5.41) is 4.21. The maximum atomic E-state index is 13.3. The highest BCUT2D eigenvalue weighted by Gasteiger charge is 2.17. The molecule has 6 rings (SSSR count). The van der Waals surface area contributed by atoms with Gasteiger partial charge in [0.2, 0.25) is 0 Å². The number of para-hydroxylation sites is 1. The van der Waals surface area contributed by atoms with Crippen molar-refractivity contribution in [3.63, 3.8) is 0 Å². The van der Waals surface area contributed by atoms with Crippen LogP contribution in [0.25, 0.3) is 49.0 Å². The molecule has 0 radical (unpaired) electrons. The molecule has 2 aromatic carbocycles. The van der Waals surface area contributed by atoms with E-state index in [4.69, 9.17) is 0 Å². The predicted octanol–water partition coefficient (Wildman–Crippen LogP) is 3.50. The standard InChI is InChI=1S/C22H11N3O2/c26-21-15-7-2-1-6-13(15)14-8-3-9-16-18-17(22(27)25(21)19(14)16)11-12-5-4-10-23-20(12)24-18/h1-11H. The number of fused-ring (bicyclic) bond motifs is 5. The zero-order valence-electron chi connectivity index (χ0n) is 14.0. The molecule has 0 unspecified atom stereocenters. The molecular weight excluding hydrogens is 338 g/mol. The first kappa shape index (κ1) is 14.3. The van der Waals surface area contributed by atoms with Crippen LogP contribution in [0.15, 0.2) is 76.4 Å². The summed E-state index contributed by atoms with van der Waals surface area (Å²) in [6.07, 6.45) is 1.68. The van der Waals surface area contributed by atoms with E-state index in [9.17, 15) is 9.59 Å². The average molecular weight is 349 g/mol. The van der Waals surface area contributed by atoms with Crippen molar-refractivity contribution in [2.75, 3.05) is 0 Å². The Bertz CT molecular complexity index is 1670. The van der Waals surface area contributed by atoms with E-state index in [1.165, 1.54) is 4.40 Å². The minimum atomic E-state index is -0.345. The molecule has 0 aliphatic carbocycles. The zero-order valence-corrected chi connectivity index (χ0v) is 14.0. The van der Waals surface area contributed by atoms with Gasteiger partial charge in [0.25, 0.3) is 11.1 Å². The van der Waals surface area contributed by atoms with Crippen LogP contribution in [0.4, 0.5) is 0 Å². The number of hydrogen-bond acceptors (Lipinski definition) is 4. The van der Waals surface area contributed by atoms with E-state index < -0.39 is 0 Å². The molecule has 0 amide bonds. The first-order chi connectivity index (χ1) is 13.2. The van der Waals surface area contributed by atoms with Crippen molar-refractivity contribution in [1.82, 2.24) is 14.4 Å². The van der Waals surface area contributed by atoms with E-state index in [1.54, 1.807) is 24.4 Å². The lowest BCUT2D eigenvalue weighted by molar-refractivity contribution is 1.09. The van der Waals surface area contributed by atoms with Gasteiger partial charge in [-0.25, -0.2) is 14.4 Å². The quantitative estimate of drug-likeness (QED) is 0.311. The Morgan fingerprint density at radius 3 is 2.33 bits per heavy atom. The van der Waals surface area contributed by atoms with Gasteiger partial charge in [-0.1, -0.05) is 36.4 Å². The Morgan fingerprint density at radius 1 is 0.704 bits per heavy atom. The van der Waals surface area contributed by atoms with Crippen molar-refractivity contribution < 1.29 is 0 Å². The second-order valence-corrected chi connectivity index (χ2v) is 6.63. The van der Waals surface area contributed by atoms with Gasteiger partial charge in [0.05, 0.1) is 16.4 Å². The van der Waals surface area contributed by atoms with Gasteiger partial charge in [-0.2, -0.15) is 0 Å². The van der Waals surface area contributed by atoms with Crippen molar-refractivity contribution >= 4 is 49.0 Å². The Hall–Kier alpha value is -3.86. The Labute approximate surface area is 151 Å². The summed E-state index contributed by atoms with van der Waals surface area (Å²) in [5.74, 6) is 0. The van der Waals surface area contributed by atoms with Gasteiger partial charge in [-0.15, -0.1) is 0 Å². The normalized spacial score (nSPS) is 12.0. The minimum absolute atomic E-state index is 0.299. The molecule has 4 aromatic heterocycles. The number of pyridine rings is 4. The summed E-state index contributed by atoms with van der Waals surface area (Å²) < 4.78 is 1.29. The lowest BCUT2D eigenvalue weighted by Crippen LogP contribution is -2.27. The smallest absolute Gasteiger partial charge is 0.267 e. The molecule has 0 spiro atoms. The molecular formula is C22H11N3O2. The van der Waals surface area contributed by atoms with Crippen molar-refractivity contribution in [1.29, 1.82) is 0 Å². The van der Waals surface area contributed by atoms with E-state index in [2.05, 4.69) is 9.97 Å². The fourth-order valence-electron chi connectivity index (χ4n) is 4.01.